The quantitative estimate of drug-likeness (QED) is 0.620. The maximum absolute atomic E-state index is 11.9. The first-order valence-electron chi connectivity index (χ1n) is 6.96. The number of carbonyl (C=O) groups is 2. The van der Waals surface area contributed by atoms with Gasteiger partial charge in [-0.15, -0.1) is 11.3 Å². The van der Waals surface area contributed by atoms with Crippen LogP contribution < -0.4 is 5.32 Å². The van der Waals surface area contributed by atoms with Crippen molar-refractivity contribution in [1.82, 2.24) is 4.98 Å². The first-order chi connectivity index (χ1) is 10.9. The van der Waals surface area contributed by atoms with Crippen molar-refractivity contribution in [1.29, 1.82) is 0 Å². The smallest absolute Gasteiger partial charge is 0.413 e. The van der Waals surface area contributed by atoms with Crippen LogP contribution in [0.4, 0.5) is 9.93 Å². The van der Waals surface area contributed by atoms with Crippen LogP contribution >= 0.6 is 11.3 Å². The van der Waals surface area contributed by atoms with E-state index in [2.05, 4.69) is 10.3 Å². The fraction of sp³-hybridized carbons (Fsp3) is 0.500. The van der Waals surface area contributed by atoms with Crippen molar-refractivity contribution in [2.45, 2.75) is 33.3 Å². The molecule has 1 amide bonds. The molecular weight excluding hydrogens is 356 g/mol. The molecule has 1 heterocycles. The Hall–Kier alpha value is -1.94. The number of carbonyl (C=O) groups excluding carboxylic acids is 2. The molecular formula is C14H20N2O6S2. The molecule has 10 heteroatoms. The van der Waals surface area contributed by atoms with Gasteiger partial charge in [0.1, 0.15) is 5.60 Å². The van der Waals surface area contributed by atoms with Crippen molar-refractivity contribution < 1.29 is 27.5 Å². The Morgan fingerprint density at radius 3 is 2.50 bits per heavy atom. The van der Waals surface area contributed by atoms with Crippen LogP contribution in [0.25, 0.3) is 5.57 Å². The molecule has 24 heavy (non-hydrogen) atoms. The van der Waals surface area contributed by atoms with Gasteiger partial charge in [0.15, 0.2) is 15.0 Å². The Labute approximate surface area is 144 Å². The van der Waals surface area contributed by atoms with Crippen molar-refractivity contribution in [2.24, 2.45) is 0 Å². The number of hydrogen-bond donors (Lipinski definition) is 1. The fourth-order valence-electron chi connectivity index (χ4n) is 1.48. The van der Waals surface area contributed by atoms with E-state index in [-0.39, 0.29) is 23.0 Å². The van der Waals surface area contributed by atoms with E-state index in [0.717, 1.165) is 23.0 Å². The normalized spacial score (nSPS) is 12.6. The zero-order valence-electron chi connectivity index (χ0n) is 14.1. The van der Waals surface area contributed by atoms with Crippen molar-refractivity contribution >= 4 is 43.9 Å². The molecule has 0 saturated carbocycles. The predicted molar refractivity (Wildman–Crippen MR) is 91.4 cm³/mol. The van der Waals surface area contributed by atoms with E-state index in [4.69, 9.17) is 9.47 Å². The highest BCUT2D eigenvalue weighted by Crippen LogP contribution is 2.24. The molecule has 1 aromatic heterocycles. The highest BCUT2D eigenvalue weighted by atomic mass is 32.2. The summed E-state index contributed by atoms with van der Waals surface area (Å²) in [5.74, 6) is -0.808. The molecule has 1 rings (SSSR count). The average Bonchev–Trinajstić information content (AvgIpc) is 2.80. The number of sulfone groups is 1. The fourth-order valence-corrected chi connectivity index (χ4v) is 2.82. The summed E-state index contributed by atoms with van der Waals surface area (Å²) in [5.41, 5.74) is -0.779. The van der Waals surface area contributed by atoms with E-state index >= 15 is 0 Å². The maximum atomic E-state index is 11.9. The maximum Gasteiger partial charge on any atom is 0.413 e. The molecule has 0 unspecified atom stereocenters. The number of aromatic nitrogens is 1. The molecule has 1 N–H and O–H groups in total. The molecule has 0 aliphatic heterocycles. The molecule has 0 aromatic carbocycles. The molecule has 1 aromatic rings. The van der Waals surface area contributed by atoms with E-state index in [1.54, 1.807) is 27.7 Å². The van der Waals surface area contributed by atoms with Gasteiger partial charge in [-0.05, 0) is 27.7 Å². The number of thiazole rings is 1. The van der Waals surface area contributed by atoms with Crippen LogP contribution in [0.15, 0.2) is 10.8 Å². The standard InChI is InChI=1S/C14H20N2O6S2/c1-6-21-11(17)9(8-24(5,19)20)10-7-23-12(15-10)16-13(18)22-14(2,3)4/h7-8H,6H2,1-5H3,(H,15,16,18). The number of nitrogens with one attached hydrogen (secondary N) is 1. The number of ether oxygens (including phenoxy) is 2. The lowest BCUT2D eigenvalue weighted by molar-refractivity contribution is -0.136. The summed E-state index contributed by atoms with van der Waals surface area (Å²) in [6.45, 7) is 6.84. The predicted octanol–water partition coefficient (Wildman–Crippen LogP) is 2.44. The number of amides is 1. The van der Waals surface area contributed by atoms with E-state index in [9.17, 15) is 18.0 Å². The Kier molecular flexibility index (Phi) is 6.50. The SMILES string of the molecule is CCOC(=O)C(=CS(C)(=O)=O)c1csc(NC(=O)OC(C)(C)C)n1. The average molecular weight is 376 g/mol. The molecule has 0 bridgehead atoms. The van der Waals surface area contributed by atoms with Gasteiger partial charge >= 0.3 is 12.1 Å². The van der Waals surface area contributed by atoms with E-state index in [0.29, 0.717) is 0 Å². The van der Waals surface area contributed by atoms with Gasteiger partial charge in [0.05, 0.1) is 17.9 Å². The minimum absolute atomic E-state index is 0.0904. The number of rotatable bonds is 5. The summed E-state index contributed by atoms with van der Waals surface area (Å²) in [6, 6.07) is 0. The van der Waals surface area contributed by atoms with Gasteiger partial charge in [0.25, 0.3) is 0 Å². The summed E-state index contributed by atoms with van der Waals surface area (Å²) in [5, 5.41) is 4.83. The lowest BCUT2D eigenvalue weighted by Gasteiger charge is -2.18. The van der Waals surface area contributed by atoms with Crippen LogP contribution in [0.5, 0.6) is 0 Å². The second-order valence-corrected chi connectivity index (χ2v) is 8.50. The van der Waals surface area contributed by atoms with Crippen molar-refractivity contribution in [3.05, 3.63) is 16.5 Å². The first kappa shape index (κ1) is 20.1. The monoisotopic (exact) mass is 376 g/mol. The first-order valence-corrected chi connectivity index (χ1v) is 9.79. The van der Waals surface area contributed by atoms with Gasteiger partial charge in [0, 0.05) is 17.0 Å². The van der Waals surface area contributed by atoms with Crippen LogP contribution in [0.3, 0.4) is 0 Å². The lowest BCUT2D eigenvalue weighted by Crippen LogP contribution is -2.27. The largest absolute Gasteiger partial charge is 0.462 e. The van der Waals surface area contributed by atoms with Crippen molar-refractivity contribution in [2.75, 3.05) is 18.2 Å². The molecule has 0 saturated heterocycles. The van der Waals surface area contributed by atoms with Gasteiger partial charge in [0.2, 0.25) is 0 Å². The molecule has 0 atom stereocenters. The van der Waals surface area contributed by atoms with Gasteiger partial charge < -0.3 is 9.47 Å². The summed E-state index contributed by atoms with van der Waals surface area (Å²) in [7, 11) is -3.58. The van der Waals surface area contributed by atoms with Crippen LogP contribution in [-0.2, 0) is 24.1 Å². The second-order valence-electron chi connectivity index (χ2n) is 5.75. The van der Waals surface area contributed by atoms with E-state index < -0.39 is 27.5 Å². The summed E-state index contributed by atoms with van der Waals surface area (Å²) < 4.78 is 32.9. The Morgan fingerprint density at radius 1 is 1.38 bits per heavy atom. The molecule has 0 aliphatic rings. The molecule has 0 aliphatic carbocycles. The minimum atomic E-state index is -3.58. The Balaban J connectivity index is 3.04. The number of anilines is 1. The molecule has 0 fully saturated rings. The number of hydrogen-bond acceptors (Lipinski definition) is 8. The highest BCUT2D eigenvalue weighted by Gasteiger charge is 2.21. The van der Waals surface area contributed by atoms with Gasteiger partial charge in [-0.2, -0.15) is 0 Å². The van der Waals surface area contributed by atoms with E-state index in [1.165, 1.54) is 5.38 Å². The summed E-state index contributed by atoms with van der Waals surface area (Å²) in [4.78, 5) is 27.7. The van der Waals surface area contributed by atoms with Crippen LogP contribution in [-0.4, -0.2) is 43.9 Å². The Morgan fingerprint density at radius 2 is 2.00 bits per heavy atom. The Bertz CT molecular complexity index is 744. The number of nitrogens with zero attached hydrogens (tertiary/aromatic N) is 1. The van der Waals surface area contributed by atoms with Gasteiger partial charge in [-0.25, -0.2) is 23.0 Å². The molecule has 134 valence electrons. The van der Waals surface area contributed by atoms with Gasteiger partial charge in [-0.1, -0.05) is 0 Å². The van der Waals surface area contributed by atoms with Crippen LogP contribution in [0.2, 0.25) is 0 Å². The van der Waals surface area contributed by atoms with Crippen molar-refractivity contribution in [3.63, 3.8) is 0 Å². The molecule has 8 nitrogen and oxygen atoms in total. The van der Waals surface area contributed by atoms with Crippen LogP contribution in [0, 0.1) is 0 Å². The third kappa shape index (κ3) is 7.09. The van der Waals surface area contributed by atoms with E-state index in [1.807, 2.05) is 0 Å². The minimum Gasteiger partial charge on any atom is -0.462 e. The summed E-state index contributed by atoms with van der Waals surface area (Å²) in [6.07, 6.45) is 0.256. The zero-order valence-corrected chi connectivity index (χ0v) is 15.7. The van der Waals surface area contributed by atoms with Crippen LogP contribution in [0.1, 0.15) is 33.4 Å². The summed E-state index contributed by atoms with van der Waals surface area (Å²) >= 11 is 1.03. The lowest BCUT2D eigenvalue weighted by atomic mass is 10.2. The van der Waals surface area contributed by atoms with Crippen molar-refractivity contribution in [3.8, 4) is 0 Å². The third-order valence-electron chi connectivity index (χ3n) is 2.22. The van der Waals surface area contributed by atoms with Gasteiger partial charge in [-0.3, -0.25) is 5.32 Å². The third-order valence-corrected chi connectivity index (χ3v) is 3.64. The molecule has 0 spiro atoms. The number of esters is 1. The zero-order chi connectivity index (χ0) is 18.5. The topological polar surface area (TPSA) is 112 Å². The molecule has 0 radical (unpaired) electrons. The highest BCUT2D eigenvalue weighted by molar-refractivity contribution is 7.93. The second kappa shape index (κ2) is 7.75.